The Balaban J connectivity index is 1.77. The van der Waals surface area contributed by atoms with E-state index in [0.29, 0.717) is 16.9 Å². The largest absolute Gasteiger partial charge is 0.755 e. The van der Waals surface area contributed by atoms with Gasteiger partial charge in [0.05, 0.1) is 52.2 Å². The highest BCUT2D eigenvalue weighted by Crippen LogP contribution is 2.35. The summed E-state index contributed by atoms with van der Waals surface area (Å²) in [6.45, 7) is 0.130. The van der Waals surface area contributed by atoms with Crippen molar-refractivity contribution < 1.29 is 13.6 Å². The van der Waals surface area contributed by atoms with E-state index in [1.807, 2.05) is 12.1 Å². The second-order valence-corrected chi connectivity index (χ2v) is 7.64. The van der Waals surface area contributed by atoms with Crippen LogP contribution in [-0.2, 0) is 17.8 Å². The molecule has 0 spiro atoms. The number of anilines is 2. The van der Waals surface area contributed by atoms with Crippen LogP contribution in [-0.4, -0.2) is 29.6 Å². The molecule has 0 saturated heterocycles. The highest BCUT2D eigenvalue weighted by molar-refractivity contribution is 7.81. The van der Waals surface area contributed by atoms with Crippen LogP contribution >= 0.6 is 11.6 Å². The molecule has 1 atom stereocenters. The van der Waals surface area contributed by atoms with Crippen molar-refractivity contribution in [3.8, 4) is 0 Å². The summed E-state index contributed by atoms with van der Waals surface area (Å²) in [6, 6.07) is 13.2. The first-order chi connectivity index (χ1) is 15.0. The fraction of sp³-hybridized carbons (Fsp3) is 0.0476. The molecule has 10 heteroatoms. The normalized spacial score (nSPS) is 11.8. The Morgan fingerprint density at radius 2 is 1.90 bits per heavy atom. The van der Waals surface area contributed by atoms with E-state index in [0.717, 1.165) is 9.69 Å². The molecule has 1 N–H and O–H groups in total. The number of hydrogen-bond donors (Lipinski definition) is 1. The van der Waals surface area contributed by atoms with Crippen LogP contribution in [0.3, 0.4) is 0 Å². The van der Waals surface area contributed by atoms with E-state index < -0.39 is 17.2 Å². The lowest BCUT2D eigenvalue weighted by atomic mass is 10.1. The van der Waals surface area contributed by atoms with E-state index in [9.17, 15) is 13.6 Å². The monoisotopic (exact) mass is 452 g/mol. The molecule has 0 aliphatic rings. The Morgan fingerprint density at radius 3 is 2.68 bits per heavy atom. The van der Waals surface area contributed by atoms with Gasteiger partial charge >= 0.3 is 0 Å². The van der Waals surface area contributed by atoms with E-state index in [1.165, 1.54) is 36.8 Å². The molecule has 0 aliphatic carbocycles. The van der Waals surface area contributed by atoms with Gasteiger partial charge < -0.3 is 9.87 Å². The van der Waals surface area contributed by atoms with Gasteiger partial charge in [0, 0.05) is 29.0 Å². The van der Waals surface area contributed by atoms with Crippen molar-refractivity contribution in [3.63, 3.8) is 0 Å². The van der Waals surface area contributed by atoms with Crippen molar-refractivity contribution in [1.29, 1.82) is 0 Å². The van der Waals surface area contributed by atoms with Gasteiger partial charge in [0.2, 0.25) is 0 Å². The maximum atomic E-state index is 12.9. The summed E-state index contributed by atoms with van der Waals surface area (Å²) in [5, 5.41) is 3.77. The maximum Gasteiger partial charge on any atom is 0.253 e. The summed E-state index contributed by atoms with van der Waals surface area (Å²) in [5.41, 5.74) is 1.58. The third-order valence-corrected chi connectivity index (χ3v) is 5.38. The number of carbonyl (C=O) groups is 1. The minimum absolute atomic E-state index is 0.107. The van der Waals surface area contributed by atoms with E-state index in [4.69, 9.17) is 11.6 Å². The van der Waals surface area contributed by atoms with Gasteiger partial charge in [-0.3, -0.25) is 28.3 Å². The maximum absolute atomic E-state index is 12.9. The second-order valence-electron chi connectivity index (χ2n) is 6.40. The van der Waals surface area contributed by atoms with Gasteiger partial charge in [0.15, 0.2) is 0 Å². The number of nitrogens with zero attached hydrogens (tertiary/aromatic N) is 4. The van der Waals surface area contributed by atoms with Crippen molar-refractivity contribution in [2.45, 2.75) is 6.54 Å². The predicted molar refractivity (Wildman–Crippen MR) is 117 cm³/mol. The Kier molecular flexibility index (Phi) is 6.17. The predicted octanol–water partition coefficient (Wildman–Crippen LogP) is 3.54. The molecule has 0 radical (unpaired) electrons. The summed E-state index contributed by atoms with van der Waals surface area (Å²) < 4.78 is 25.6. The lowest BCUT2D eigenvalue weighted by Gasteiger charge is -2.29. The molecule has 156 valence electrons. The minimum Gasteiger partial charge on any atom is -0.755 e. The van der Waals surface area contributed by atoms with Crippen molar-refractivity contribution in [1.82, 2.24) is 20.3 Å². The van der Waals surface area contributed by atoms with Gasteiger partial charge in [-0.15, -0.1) is 0 Å². The van der Waals surface area contributed by atoms with Crippen LogP contribution in [0.1, 0.15) is 16.1 Å². The Labute approximate surface area is 185 Å². The molecule has 1 unspecified atom stereocenters. The van der Waals surface area contributed by atoms with E-state index in [2.05, 4.69) is 20.3 Å². The van der Waals surface area contributed by atoms with Crippen molar-refractivity contribution >= 4 is 51.1 Å². The number of amides is 1. The van der Waals surface area contributed by atoms with E-state index in [1.54, 1.807) is 24.4 Å². The van der Waals surface area contributed by atoms with Gasteiger partial charge in [0.25, 0.3) is 5.91 Å². The summed E-state index contributed by atoms with van der Waals surface area (Å²) in [4.78, 5) is 25.3. The van der Waals surface area contributed by atoms with Crippen molar-refractivity contribution in [3.05, 3.63) is 89.6 Å². The van der Waals surface area contributed by atoms with Crippen LogP contribution in [0.25, 0.3) is 10.9 Å². The molecule has 8 nitrogen and oxygen atoms in total. The molecule has 2 aromatic heterocycles. The van der Waals surface area contributed by atoms with Gasteiger partial charge in [-0.2, -0.15) is 0 Å². The fourth-order valence-corrected chi connectivity index (χ4v) is 3.88. The average Bonchev–Trinajstić information content (AvgIpc) is 2.78. The third-order valence-electron chi connectivity index (χ3n) is 4.45. The summed E-state index contributed by atoms with van der Waals surface area (Å²) in [6.07, 6.45) is 6.15. The SMILES string of the molecule is O=C(NCc1cnccn1)c1ccc(Cl)cc1N(c1cccc2cccnc12)S(=O)[O-]. The number of carbonyl (C=O) groups excluding carboxylic acids is 1. The number of hydrogen-bond acceptors (Lipinski definition) is 6. The number of nitrogens with one attached hydrogen (secondary N) is 1. The van der Waals surface area contributed by atoms with E-state index >= 15 is 0 Å². The first-order valence-electron chi connectivity index (χ1n) is 9.10. The molecule has 4 rings (SSSR count). The van der Waals surface area contributed by atoms with Crippen molar-refractivity contribution in [2.75, 3.05) is 4.31 Å². The van der Waals surface area contributed by atoms with Gasteiger partial charge in [-0.05, 0) is 30.3 Å². The van der Waals surface area contributed by atoms with Crippen LogP contribution in [0, 0.1) is 0 Å². The number of aromatic nitrogens is 3. The number of halogens is 1. The van der Waals surface area contributed by atoms with Crippen LogP contribution in [0.4, 0.5) is 11.4 Å². The molecule has 1 amide bonds. The van der Waals surface area contributed by atoms with Crippen LogP contribution in [0.2, 0.25) is 5.02 Å². The second kappa shape index (κ2) is 9.17. The zero-order chi connectivity index (χ0) is 21.8. The summed E-state index contributed by atoms with van der Waals surface area (Å²) in [7, 11) is 0. The third kappa shape index (κ3) is 4.53. The molecular weight excluding hydrogens is 438 g/mol. The molecule has 0 bridgehead atoms. The zero-order valence-corrected chi connectivity index (χ0v) is 17.5. The lowest BCUT2D eigenvalue weighted by molar-refractivity contribution is 0.0951. The molecule has 0 aliphatic heterocycles. The minimum atomic E-state index is -2.75. The number of rotatable bonds is 6. The molecule has 31 heavy (non-hydrogen) atoms. The fourth-order valence-electron chi connectivity index (χ4n) is 3.09. The van der Waals surface area contributed by atoms with Crippen LogP contribution < -0.4 is 9.62 Å². The topological polar surface area (TPSA) is 111 Å². The smallest absolute Gasteiger partial charge is 0.253 e. The van der Waals surface area contributed by atoms with E-state index in [-0.39, 0.29) is 22.8 Å². The summed E-state index contributed by atoms with van der Waals surface area (Å²) >= 11 is 3.40. The number of benzene rings is 2. The number of fused-ring (bicyclic) bond motifs is 1. The quantitative estimate of drug-likeness (QED) is 0.448. The Morgan fingerprint density at radius 1 is 1.06 bits per heavy atom. The number of pyridine rings is 1. The van der Waals surface area contributed by atoms with Gasteiger partial charge in [-0.25, -0.2) is 0 Å². The number of para-hydroxylation sites is 1. The Bertz CT molecular complexity index is 1270. The highest BCUT2D eigenvalue weighted by atomic mass is 35.5. The van der Waals surface area contributed by atoms with Crippen molar-refractivity contribution in [2.24, 2.45) is 0 Å². The molecule has 0 fully saturated rings. The standard InChI is InChI=1S/C21H16ClN5O3S/c22-15-6-7-17(21(28)26-13-16-12-23-9-10-24-16)19(11-15)27(31(29)30)18-5-1-3-14-4-2-8-25-20(14)18/h1-12H,13H2,(H,26,28)(H,29,30)/p-1. The van der Waals surface area contributed by atoms with Crippen LogP contribution in [0.15, 0.2) is 73.3 Å². The van der Waals surface area contributed by atoms with Gasteiger partial charge in [0.1, 0.15) is 0 Å². The van der Waals surface area contributed by atoms with Gasteiger partial charge in [-0.1, -0.05) is 29.8 Å². The summed E-state index contributed by atoms with van der Waals surface area (Å²) in [5.74, 6) is -0.485. The lowest BCUT2D eigenvalue weighted by Crippen LogP contribution is -2.28. The molecule has 0 saturated carbocycles. The Hall–Kier alpha value is -3.40. The molecule has 4 aromatic rings. The van der Waals surface area contributed by atoms with Crippen LogP contribution in [0.5, 0.6) is 0 Å². The molecular formula is C21H15ClN5O3S-. The average molecular weight is 453 g/mol. The zero-order valence-electron chi connectivity index (χ0n) is 15.9. The first kappa shape index (κ1) is 20.9. The first-order valence-corrected chi connectivity index (χ1v) is 10.5. The molecule has 2 aromatic carbocycles. The highest BCUT2D eigenvalue weighted by Gasteiger charge is 2.21. The molecule has 2 heterocycles.